The molecule has 0 amide bonds. The molecule has 1 atom stereocenters. The van der Waals surface area contributed by atoms with E-state index in [9.17, 15) is 9.50 Å². The highest BCUT2D eigenvalue weighted by Gasteiger charge is 2.07. The maximum Gasteiger partial charge on any atom is 0.144 e. The molecule has 0 aliphatic rings. The van der Waals surface area contributed by atoms with Crippen LogP contribution in [-0.4, -0.2) is 11.2 Å². The summed E-state index contributed by atoms with van der Waals surface area (Å²) in [5.41, 5.74) is 0.574. The average molecular weight is 217 g/mol. The normalized spacial score (nSPS) is 12.9. The number of hydrogen-bond acceptors (Lipinski definition) is 1. The zero-order valence-corrected chi connectivity index (χ0v) is 8.89. The Hall–Kier alpha value is -0.600. The second kappa shape index (κ2) is 5.32. The van der Waals surface area contributed by atoms with E-state index in [2.05, 4.69) is 0 Å². The highest BCUT2D eigenvalue weighted by Crippen LogP contribution is 2.19. The average Bonchev–Trinajstić information content (AvgIpc) is 2.20. The maximum absolute atomic E-state index is 13.3. The molecular formula is C11H14ClFO. The van der Waals surface area contributed by atoms with E-state index in [-0.39, 0.29) is 16.9 Å². The van der Waals surface area contributed by atoms with Gasteiger partial charge >= 0.3 is 0 Å². The van der Waals surface area contributed by atoms with Crippen LogP contribution in [-0.2, 0) is 6.42 Å². The quantitative estimate of drug-likeness (QED) is 0.820. The number of rotatable bonds is 4. The molecule has 3 heteroatoms. The molecule has 1 unspecified atom stereocenters. The number of aliphatic hydroxyl groups is 1. The molecule has 0 bridgehead atoms. The van der Waals surface area contributed by atoms with Gasteiger partial charge in [0.1, 0.15) is 5.82 Å². The summed E-state index contributed by atoms with van der Waals surface area (Å²) in [7, 11) is 0. The third-order valence-electron chi connectivity index (χ3n) is 2.25. The van der Waals surface area contributed by atoms with Gasteiger partial charge in [-0.25, -0.2) is 4.39 Å². The third-order valence-corrected chi connectivity index (χ3v) is 2.54. The molecule has 0 aliphatic heterocycles. The first kappa shape index (κ1) is 11.5. The largest absolute Gasteiger partial charge is 0.393 e. The van der Waals surface area contributed by atoms with Crippen LogP contribution >= 0.6 is 11.6 Å². The van der Waals surface area contributed by atoms with Crippen LogP contribution in [0.4, 0.5) is 4.39 Å². The van der Waals surface area contributed by atoms with E-state index in [1.165, 1.54) is 6.07 Å². The Bertz CT molecular complexity index is 301. The lowest BCUT2D eigenvalue weighted by atomic mass is 10.1. The van der Waals surface area contributed by atoms with Gasteiger partial charge in [-0.2, -0.15) is 0 Å². The van der Waals surface area contributed by atoms with E-state index in [1.807, 2.05) is 6.92 Å². The van der Waals surface area contributed by atoms with Crippen molar-refractivity contribution < 1.29 is 9.50 Å². The Morgan fingerprint density at radius 2 is 2.21 bits per heavy atom. The summed E-state index contributed by atoms with van der Waals surface area (Å²) in [4.78, 5) is 0. The minimum atomic E-state index is -0.363. The van der Waals surface area contributed by atoms with Crippen molar-refractivity contribution in [2.24, 2.45) is 0 Å². The van der Waals surface area contributed by atoms with Gasteiger partial charge in [-0.15, -0.1) is 0 Å². The van der Waals surface area contributed by atoms with Crippen LogP contribution in [0, 0.1) is 5.82 Å². The van der Waals surface area contributed by atoms with Crippen molar-refractivity contribution in [3.05, 3.63) is 34.6 Å². The number of aliphatic hydroxyl groups excluding tert-OH is 1. The molecule has 0 spiro atoms. The second-order valence-corrected chi connectivity index (χ2v) is 3.72. The summed E-state index contributed by atoms with van der Waals surface area (Å²) >= 11 is 5.63. The van der Waals surface area contributed by atoms with Crippen molar-refractivity contribution in [2.75, 3.05) is 0 Å². The molecule has 0 aromatic heterocycles. The fourth-order valence-corrected chi connectivity index (χ4v) is 1.46. The number of hydrogen-bond donors (Lipinski definition) is 1. The summed E-state index contributed by atoms with van der Waals surface area (Å²) in [6, 6.07) is 4.94. The Kier molecular flexibility index (Phi) is 4.36. The van der Waals surface area contributed by atoms with Crippen LogP contribution in [0.15, 0.2) is 18.2 Å². The summed E-state index contributed by atoms with van der Waals surface area (Å²) in [6.07, 6.45) is 1.45. The SMILES string of the molecule is CCC(O)CCc1cccc(Cl)c1F. The lowest BCUT2D eigenvalue weighted by Gasteiger charge is -2.08. The molecule has 0 saturated carbocycles. The third kappa shape index (κ3) is 2.96. The lowest BCUT2D eigenvalue weighted by Crippen LogP contribution is -2.06. The predicted octanol–water partition coefficient (Wildman–Crippen LogP) is 3.18. The van der Waals surface area contributed by atoms with E-state index < -0.39 is 0 Å². The van der Waals surface area contributed by atoms with Crippen molar-refractivity contribution in [3.63, 3.8) is 0 Å². The van der Waals surface area contributed by atoms with Crippen LogP contribution in [0.25, 0.3) is 0 Å². The Morgan fingerprint density at radius 1 is 1.50 bits per heavy atom. The van der Waals surface area contributed by atoms with Gasteiger partial charge in [-0.05, 0) is 30.9 Å². The molecule has 1 aromatic rings. The van der Waals surface area contributed by atoms with E-state index >= 15 is 0 Å². The molecule has 0 radical (unpaired) electrons. The van der Waals surface area contributed by atoms with Crippen LogP contribution < -0.4 is 0 Å². The Labute approximate surface area is 88.5 Å². The summed E-state index contributed by atoms with van der Waals surface area (Å²) in [6.45, 7) is 1.90. The molecule has 78 valence electrons. The van der Waals surface area contributed by atoms with Crippen molar-refractivity contribution >= 4 is 11.6 Å². The molecule has 0 saturated heterocycles. The first-order valence-corrected chi connectivity index (χ1v) is 5.14. The second-order valence-electron chi connectivity index (χ2n) is 3.31. The van der Waals surface area contributed by atoms with E-state index in [0.717, 1.165) is 0 Å². The summed E-state index contributed by atoms with van der Waals surface area (Å²) < 4.78 is 13.3. The minimum Gasteiger partial charge on any atom is -0.393 e. The van der Waals surface area contributed by atoms with Crippen molar-refractivity contribution in [1.82, 2.24) is 0 Å². The van der Waals surface area contributed by atoms with Crippen LogP contribution in [0.2, 0.25) is 5.02 Å². The van der Waals surface area contributed by atoms with Gasteiger partial charge in [0, 0.05) is 0 Å². The molecule has 0 fully saturated rings. The van der Waals surface area contributed by atoms with Gasteiger partial charge in [0.15, 0.2) is 0 Å². The molecule has 0 heterocycles. The predicted molar refractivity (Wildman–Crippen MR) is 56.0 cm³/mol. The molecule has 0 aliphatic carbocycles. The first-order valence-electron chi connectivity index (χ1n) is 4.76. The van der Waals surface area contributed by atoms with Gasteiger partial charge in [-0.3, -0.25) is 0 Å². The molecule has 14 heavy (non-hydrogen) atoms. The zero-order valence-electron chi connectivity index (χ0n) is 8.13. The molecule has 1 rings (SSSR count). The summed E-state index contributed by atoms with van der Waals surface area (Å²) in [5, 5.41) is 9.47. The first-order chi connectivity index (χ1) is 6.65. The van der Waals surface area contributed by atoms with Gasteiger partial charge in [-0.1, -0.05) is 30.7 Å². The number of benzene rings is 1. The molecule has 1 aromatic carbocycles. The maximum atomic E-state index is 13.3. The van der Waals surface area contributed by atoms with Crippen LogP contribution in [0.5, 0.6) is 0 Å². The molecular weight excluding hydrogens is 203 g/mol. The topological polar surface area (TPSA) is 20.2 Å². The molecule has 1 nitrogen and oxygen atoms in total. The fraction of sp³-hybridized carbons (Fsp3) is 0.455. The van der Waals surface area contributed by atoms with E-state index in [4.69, 9.17) is 11.6 Å². The van der Waals surface area contributed by atoms with E-state index in [1.54, 1.807) is 12.1 Å². The minimum absolute atomic E-state index is 0.147. The monoisotopic (exact) mass is 216 g/mol. The van der Waals surface area contributed by atoms with Crippen LogP contribution in [0.1, 0.15) is 25.3 Å². The van der Waals surface area contributed by atoms with Gasteiger partial charge in [0.25, 0.3) is 0 Å². The highest BCUT2D eigenvalue weighted by molar-refractivity contribution is 6.30. The standard InChI is InChI=1S/C11H14ClFO/c1-2-9(14)7-6-8-4-3-5-10(12)11(8)13/h3-5,9,14H,2,6-7H2,1H3. The lowest BCUT2D eigenvalue weighted by molar-refractivity contribution is 0.160. The Balaban J connectivity index is 2.63. The number of halogens is 2. The number of aryl methyl sites for hydroxylation is 1. The van der Waals surface area contributed by atoms with Gasteiger partial charge in [0.05, 0.1) is 11.1 Å². The van der Waals surface area contributed by atoms with Crippen molar-refractivity contribution in [2.45, 2.75) is 32.3 Å². The smallest absolute Gasteiger partial charge is 0.144 e. The van der Waals surface area contributed by atoms with Crippen molar-refractivity contribution in [3.8, 4) is 0 Å². The highest BCUT2D eigenvalue weighted by atomic mass is 35.5. The summed E-state index contributed by atoms with van der Waals surface area (Å²) in [5.74, 6) is -0.363. The Morgan fingerprint density at radius 3 is 2.86 bits per heavy atom. The van der Waals surface area contributed by atoms with Gasteiger partial charge in [0.2, 0.25) is 0 Å². The van der Waals surface area contributed by atoms with Gasteiger partial charge < -0.3 is 5.11 Å². The fourth-order valence-electron chi connectivity index (χ4n) is 1.27. The van der Waals surface area contributed by atoms with Crippen LogP contribution in [0.3, 0.4) is 0 Å². The zero-order chi connectivity index (χ0) is 10.6. The van der Waals surface area contributed by atoms with E-state index in [0.29, 0.717) is 24.8 Å². The molecule has 1 N–H and O–H groups in total. The van der Waals surface area contributed by atoms with Crippen molar-refractivity contribution in [1.29, 1.82) is 0 Å².